The maximum absolute atomic E-state index is 12.5. The zero-order valence-electron chi connectivity index (χ0n) is 11.1. The number of rotatable bonds is 6. The number of nitrogens with one attached hydrogen (secondary N) is 1. The van der Waals surface area contributed by atoms with Crippen LogP contribution >= 0.6 is 38.9 Å². The Morgan fingerprint density at radius 3 is 2.67 bits per heavy atom. The minimum Gasteiger partial charge on any atom is -0.431 e. The largest absolute Gasteiger partial charge is 0.431 e. The van der Waals surface area contributed by atoms with E-state index < -0.39 is 6.61 Å². The second-order valence-electron chi connectivity index (χ2n) is 4.22. The van der Waals surface area contributed by atoms with Crippen molar-refractivity contribution in [2.75, 3.05) is 5.32 Å². The Bertz CT molecular complexity index is 621. The van der Waals surface area contributed by atoms with E-state index in [0.29, 0.717) is 21.7 Å². The molecule has 0 spiro atoms. The molecular weight excluding hydrogens is 384 g/mol. The van der Waals surface area contributed by atoms with Crippen molar-refractivity contribution in [3.63, 3.8) is 0 Å². The quantitative estimate of drug-likeness (QED) is 0.652. The van der Waals surface area contributed by atoms with Crippen molar-refractivity contribution in [2.45, 2.75) is 26.5 Å². The Labute approximate surface area is 139 Å². The molecule has 0 amide bonds. The van der Waals surface area contributed by atoms with Crippen LogP contribution in [-0.2, 0) is 13.0 Å². The Morgan fingerprint density at radius 2 is 2.05 bits per heavy atom. The van der Waals surface area contributed by atoms with Gasteiger partial charge >= 0.3 is 6.61 Å². The van der Waals surface area contributed by atoms with Crippen molar-refractivity contribution in [1.29, 1.82) is 0 Å². The third kappa shape index (κ3) is 4.56. The fourth-order valence-corrected chi connectivity index (χ4v) is 3.59. The van der Waals surface area contributed by atoms with Gasteiger partial charge in [0.1, 0.15) is 0 Å². The average molecular weight is 397 g/mol. The molecule has 1 aromatic heterocycles. The van der Waals surface area contributed by atoms with Crippen LogP contribution in [0.3, 0.4) is 0 Å². The molecule has 0 atom stereocenters. The molecule has 1 aromatic carbocycles. The number of hydrogen-bond donors (Lipinski definition) is 1. The van der Waals surface area contributed by atoms with E-state index in [-0.39, 0.29) is 5.75 Å². The van der Waals surface area contributed by atoms with Crippen molar-refractivity contribution in [3.05, 3.63) is 43.5 Å². The summed E-state index contributed by atoms with van der Waals surface area (Å²) in [7, 11) is 0. The van der Waals surface area contributed by atoms with Gasteiger partial charge in [0.15, 0.2) is 5.75 Å². The van der Waals surface area contributed by atoms with E-state index in [1.807, 2.05) is 6.07 Å². The molecule has 2 nitrogen and oxygen atoms in total. The van der Waals surface area contributed by atoms with Gasteiger partial charge in [-0.15, -0.1) is 11.3 Å². The molecule has 1 heterocycles. The minimum absolute atomic E-state index is 0.0571. The lowest BCUT2D eigenvalue weighted by Gasteiger charge is -2.14. The number of aryl methyl sites for hydroxylation is 1. The molecule has 2 rings (SSSR count). The zero-order valence-corrected chi connectivity index (χ0v) is 14.3. The van der Waals surface area contributed by atoms with Gasteiger partial charge in [0.2, 0.25) is 0 Å². The molecule has 0 aliphatic carbocycles. The average Bonchev–Trinajstić information content (AvgIpc) is 2.87. The first kappa shape index (κ1) is 16.5. The Balaban J connectivity index is 2.17. The van der Waals surface area contributed by atoms with Gasteiger partial charge in [0.25, 0.3) is 0 Å². The van der Waals surface area contributed by atoms with Gasteiger partial charge in [-0.25, -0.2) is 0 Å². The lowest BCUT2D eigenvalue weighted by molar-refractivity contribution is -0.0498. The molecule has 21 heavy (non-hydrogen) atoms. The number of benzene rings is 1. The maximum Gasteiger partial charge on any atom is 0.387 e. The normalized spacial score (nSPS) is 11.0. The highest BCUT2D eigenvalue weighted by atomic mass is 79.9. The van der Waals surface area contributed by atoms with Crippen LogP contribution in [0.2, 0.25) is 5.02 Å². The Kier molecular flexibility index (Phi) is 5.84. The summed E-state index contributed by atoms with van der Waals surface area (Å²) in [6, 6.07) is 7.17. The number of anilines is 1. The van der Waals surface area contributed by atoms with E-state index in [9.17, 15) is 8.78 Å². The molecule has 0 unspecified atom stereocenters. The van der Waals surface area contributed by atoms with Crippen molar-refractivity contribution in [3.8, 4) is 5.75 Å². The molecule has 7 heteroatoms. The summed E-state index contributed by atoms with van der Waals surface area (Å²) in [5, 5.41) is 3.53. The first-order valence-corrected chi connectivity index (χ1v) is 8.23. The summed E-state index contributed by atoms with van der Waals surface area (Å²) in [4.78, 5) is 2.40. The number of ether oxygens (including phenoxy) is 1. The van der Waals surface area contributed by atoms with E-state index in [4.69, 9.17) is 11.6 Å². The standard InChI is InChI=1S/C14H13BrClF2NOS/c1-2-9-3-4-10(21-9)7-19-12-6-8(16)5-11(15)13(12)20-14(17)18/h3-6,14,19H,2,7H2,1H3. The topological polar surface area (TPSA) is 21.3 Å². The predicted molar refractivity (Wildman–Crippen MR) is 86.8 cm³/mol. The van der Waals surface area contributed by atoms with Gasteiger partial charge in [-0.1, -0.05) is 18.5 Å². The van der Waals surface area contributed by atoms with E-state index in [2.05, 4.69) is 39.0 Å². The second-order valence-corrected chi connectivity index (χ2v) is 6.76. The van der Waals surface area contributed by atoms with Crippen LogP contribution in [0.1, 0.15) is 16.7 Å². The fourth-order valence-electron chi connectivity index (χ4n) is 1.79. The number of alkyl halides is 2. The monoisotopic (exact) mass is 395 g/mol. The molecule has 1 N–H and O–H groups in total. The van der Waals surface area contributed by atoms with Gasteiger partial charge in [-0.05, 0) is 46.6 Å². The van der Waals surface area contributed by atoms with Crippen molar-refractivity contribution in [2.24, 2.45) is 0 Å². The first-order valence-electron chi connectivity index (χ1n) is 6.25. The van der Waals surface area contributed by atoms with E-state index in [1.165, 1.54) is 10.9 Å². The van der Waals surface area contributed by atoms with Gasteiger partial charge in [0, 0.05) is 21.3 Å². The minimum atomic E-state index is -2.89. The van der Waals surface area contributed by atoms with Gasteiger partial charge in [-0.2, -0.15) is 8.78 Å². The van der Waals surface area contributed by atoms with Gasteiger partial charge < -0.3 is 10.1 Å². The summed E-state index contributed by atoms with van der Waals surface area (Å²) < 4.78 is 29.9. The molecule has 0 saturated carbocycles. The van der Waals surface area contributed by atoms with Crippen LogP contribution in [0.15, 0.2) is 28.7 Å². The lowest BCUT2D eigenvalue weighted by atomic mass is 10.3. The molecule has 2 aromatic rings. The molecule has 0 bridgehead atoms. The van der Waals surface area contributed by atoms with Crippen LogP contribution in [0.25, 0.3) is 0 Å². The number of thiophene rings is 1. The van der Waals surface area contributed by atoms with Crippen LogP contribution in [0, 0.1) is 0 Å². The van der Waals surface area contributed by atoms with Crippen molar-refractivity contribution < 1.29 is 13.5 Å². The zero-order chi connectivity index (χ0) is 15.4. The van der Waals surface area contributed by atoms with Crippen molar-refractivity contribution in [1.82, 2.24) is 0 Å². The summed E-state index contributed by atoms with van der Waals surface area (Å²) in [6.45, 7) is -0.278. The molecule has 0 aliphatic rings. The highest BCUT2D eigenvalue weighted by molar-refractivity contribution is 9.10. The molecule has 0 fully saturated rings. The second kappa shape index (κ2) is 7.42. The van der Waals surface area contributed by atoms with E-state index >= 15 is 0 Å². The smallest absolute Gasteiger partial charge is 0.387 e. The van der Waals surface area contributed by atoms with Crippen LogP contribution < -0.4 is 10.1 Å². The highest BCUT2D eigenvalue weighted by Gasteiger charge is 2.15. The SMILES string of the molecule is CCc1ccc(CNc2cc(Cl)cc(Br)c2OC(F)F)s1. The molecule has 0 aliphatic heterocycles. The third-order valence-electron chi connectivity index (χ3n) is 2.73. The summed E-state index contributed by atoms with van der Waals surface area (Å²) in [6.07, 6.45) is 0.979. The van der Waals surface area contributed by atoms with E-state index in [1.54, 1.807) is 17.4 Å². The maximum atomic E-state index is 12.5. The van der Waals surface area contributed by atoms with E-state index in [0.717, 1.165) is 11.3 Å². The Morgan fingerprint density at radius 1 is 1.33 bits per heavy atom. The van der Waals surface area contributed by atoms with Gasteiger partial charge in [0.05, 0.1) is 10.2 Å². The van der Waals surface area contributed by atoms with Crippen molar-refractivity contribution >= 4 is 44.6 Å². The third-order valence-corrected chi connectivity index (χ3v) is 4.77. The first-order chi connectivity index (χ1) is 9.99. The molecule has 114 valence electrons. The van der Waals surface area contributed by atoms with Crippen LogP contribution in [-0.4, -0.2) is 6.61 Å². The molecule has 0 radical (unpaired) electrons. The molecular formula is C14H13BrClF2NOS. The van der Waals surface area contributed by atoms with Gasteiger partial charge in [-0.3, -0.25) is 0 Å². The summed E-state index contributed by atoms with van der Waals surface area (Å²) in [5.74, 6) is 0.0571. The Hall–Kier alpha value is -0.850. The van der Waals surface area contributed by atoms with Crippen LogP contribution in [0.5, 0.6) is 5.75 Å². The number of halogens is 4. The predicted octanol–water partition coefficient (Wildman–Crippen LogP) is 5.94. The highest BCUT2D eigenvalue weighted by Crippen LogP contribution is 2.38. The fraction of sp³-hybridized carbons (Fsp3) is 0.286. The number of hydrogen-bond acceptors (Lipinski definition) is 3. The van der Waals surface area contributed by atoms with Crippen LogP contribution in [0.4, 0.5) is 14.5 Å². The molecule has 0 saturated heterocycles. The lowest BCUT2D eigenvalue weighted by Crippen LogP contribution is -2.07. The summed E-state index contributed by atoms with van der Waals surface area (Å²) in [5.41, 5.74) is 0.432. The summed E-state index contributed by atoms with van der Waals surface area (Å²) >= 11 is 10.8.